The van der Waals surface area contributed by atoms with E-state index in [1.165, 1.54) is 18.3 Å². The van der Waals surface area contributed by atoms with E-state index in [0.717, 1.165) is 60.2 Å². The summed E-state index contributed by atoms with van der Waals surface area (Å²) in [5, 5.41) is 8.65. The molecule has 2 atom stereocenters. The summed E-state index contributed by atoms with van der Waals surface area (Å²) in [6, 6.07) is 17.9. The smallest absolute Gasteiger partial charge is 0.418 e. The van der Waals surface area contributed by atoms with Gasteiger partial charge in [-0.15, -0.1) is 0 Å². The Kier molecular flexibility index (Phi) is 12.4. The van der Waals surface area contributed by atoms with Crippen molar-refractivity contribution in [3.63, 3.8) is 0 Å². The first-order valence-electron chi connectivity index (χ1n) is 17.3. The van der Waals surface area contributed by atoms with E-state index in [4.69, 9.17) is 9.47 Å². The zero-order valence-corrected chi connectivity index (χ0v) is 29.5. The van der Waals surface area contributed by atoms with Crippen molar-refractivity contribution in [2.24, 2.45) is 5.92 Å². The third-order valence-electron chi connectivity index (χ3n) is 9.07. The number of likely N-dealkylation sites (tertiary alicyclic amines) is 1. The molecule has 0 bridgehead atoms. The lowest BCUT2D eigenvalue weighted by molar-refractivity contribution is -0.121. The Morgan fingerprint density at radius 1 is 1.06 bits per heavy atom. The first-order valence-corrected chi connectivity index (χ1v) is 17.3. The molecule has 1 aliphatic rings. The predicted molar refractivity (Wildman–Crippen MR) is 195 cm³/mol. The van der Waals surface area contributed by atoms with Crippen LogP contribution >= 0.6 is 0 Å². The normalized spacial score (nSPS) is 15.2. The highest BCUT2D eigenvalue weighted by atomic mass is 19.1. The molecule has 1 saturated heterocycles. The number of ether oxygens (including phenoxy) is 2. The molecule has 11 heteroatoms. The van der Waals surface area contributed by atoms with Crippen LogP contribution in [-0.4, -0.2) is 59.7 Å². The fourth-order valence-corrected chi connectivity index (χ4v) is 5.94. The molecular formula is C39H47FN6O4. The van der Waals surface area contributed by atoms with Crippen molar-refractivity contribution in [1.29, 1.82) is 0 Å². The van der Waals surface area contributed by atoms with Crippen molar-refractivity contribution in [3.05, 3.63) is 89.4 Å². The van der Waals surface area contributed by atoms with Gasteiger partial charge in [-0.05, 0) is 107 Å². The average molecular weight is 683 g/mol. The maximum atomic E-state index is 14.9. The second-order valence-corrected chi connectivity index (χ2v) is 13.1. The molecule has 3 aromatic carbocycles. The van der Waals surface area contributed by atoms with Gasteiger partial charge < -0.3 is 25.0 Å². The van der Waals surface area contributed by atoms with Gasteiger partial charge in [0.2, 0.25) is 11.9 Å². The molecule has 2 amide bonds. The molecule has 264 valence electrons. The number of hydrogen-bond donors (Lipinski definition) is 3. The lowest BCUT2D eigenvalue weighted by atomic mass is 9.95. The van der Waals surface area contributed by atoms with Gasteiger partial charge in [0, 0.05) is 48.4 Å². The molecule has 2 unspecified atom stereocenters. The van der Waals surface area contributed by atoms with Gasteiger partial charge >= 0.3 is 6.09 Å². The van der Waals surface area contributed by atoms with Gasteiger partial charge in [0.15, 0.2) is 11.6 Å². The van der Waals surface area contributed by atoms with Crippen LogP contribution in [0.15, 0.2) is 66.9 Å². The summed E-state index contributed by atoms with van der Waals surface area (Å²) in [6.45, 7) is 10.5. The molecule has 1 aromatic heterocycles. The van der Waals surface area contributed by atoms with Crippen molar-refractivity contribution in [3.8, 4) is 22.6 Å². The molecule has 3 N–H and O–H groups in total. The second-order valence-electron chi connectivity index (χ2n) is 13.1. The molecule has 1 aliphatic heterocycles. The first kappa shape index (κ1) is 36.3. The lowest BCUT2D eigenvalue weighted by Crippen LogP contribution is -2.34. The van der Waals surface area contributed by atoms with E-state index in [0.29, 0.717) is 36.8 Å². The molecule has 1 fully saturated rings. The molecule has 4 aromatic rings. The predicted octanol–water partition coefficient (Wildman–Crippen LogP) is 7.82. The molecule has 0 saturated carbocycles. The monoisotopic (exact) mass is 682 g/mol. The Morgan fingerprint density at radius 2 is 1.90 bits per heavy atom. The number of carbonyl (C=O) groups is 2. The highest BCUT2D eigenvalue weighted by Gasteiger charge is 2.19. The number of amides is 2. The third kappa shape index (κ3) is 10.0. The van der Waals surface area contributed by atoms with Crippen molar-refractivity contribution in [2.45, 2.75) is 65.8 Å². The van der Waals surface area contributed by atoms with E-state index >= 15 is 0 Å². The number of nitrogens with one attached hydrogen (secondary N) is 3. The van der Waals surface area contributed by atoms with Crippen LogP contribution in [0.5, 0.6) is 11.5 Å². The Balaban J connectivity index is 1.25. The fourth-order valence-electron chi connectivity index (χ4n) is 5.94. The Morgan fingerprint density at radius 3 is 2.68 bits per heavy atom. The number of aromatic nitrogens is 2. The van der Waals surface area contributed by atoms with Gasteiger partial charge in [-0.3, -0.25) is 10.1 Å². The molecular weight excluding hydrogens is 635 g/mol. The average Bonchev–Trinajstić information content (AvgIpc) is 3.08. The van der Waals surface area contributed by atoms with E-state index in [9.17, 15) is 14.0 Å². The Bertz CT molecular complexity index is 1800. The number of hydrogen-bond acceptors (Lipinski definition) is 8. The number of anilines is 3. The van der Waals surface area contributed by atoms with Gasteiger partial charge in [-0.2, -0.15) is 4.98 Å². The topological polar surface area (TPSA) is 118 Å². The van der Waals surface area contributed by atoms with Gasteiger partial charge in [-0.1, -0.05) is 37.3 Å². The van der Waals surface area contributed by atoms with Crippen LogP contribution in [0.3, 0.4) is 0 Å². The Hall–Kier alpha value is -5.03. The highest BCUT2D eigenvalue weighted by Crippen LogP contribution is 2.35. The summed E-state index contributed by atoms with van der Waals surface area (Å²) < 4.78 is 26.6. The van der Waals surface area contributed by atoms with E-state index in [1.54, 1.807) is 18.2 Å². The molecule has 0 spiro atoms. The summed E-state index contributed by atoms with van der Waals surface area (Å²) in [4.78, 5) is 36.5. The minimum Gasteiger partial charge on any atom is -0.490 e. The molecule has 10 nitrogen and oxygen atoms in total. The number of halogens is 1. The van der Waals surface area contributed by atoms with Crippen LogP contribution in [-0.2, 0) is 11.2 Å². The minimum atomic E-state index is -0.746. The highest BCUT2D eigenvalue weighted by molar-refractivity contribution is 5.87. The van der Waals surface area contributed by atoms with Crippen LogP contribution in [0.4, 0.5) is 26.6 Å². The summed E-state index contributed by atoms with van der Waals surface area (Å²) in [6.07, 6.45) is 4.57. The number of carbonyl (C=O) groups excluding carboxylic acids is 2. The standard InChI is InChI=1S/C39H47FN6O4/c1-6-26(3)42-37(47)17-13-28-12-15-32(31-11-7-9-25(2)27(31)4)35(21-28)50-39(48)45-36-18-19-41-38(44-36)43-30-14-16-34(33(40)22-30)49-24-29-10-8-20-46(5)23-29/h7,9,11-12,14-16,18-19,21-22,26,29H,6,8,10,13,17,20,23-24H2,1-5H3,(H,42,47)(H2,41,43,44,45,48). The van der Waals surface area contributed by atoms with Crippen molar-refractivity contribution >= 4 is 29.5 Å². The van der Waals surface area contributed by atoms with Crippen LogP contribution in [0.1, 0.15) is 56.2 Å². The zero-order chi connectivity index (χ0) is 35.6. The van der Waals surface area contributed by atoms with Crippen molar-refractivity contribution in [1.82, 2.24) is 20.2 Å². The Labute approximate surface area is 293 Å². The van der Waals surface area contributed by atoms with Crippen molar-refractivity contribution < 1.29 is 23.5 Å². The van der Waals surface area contributed by atoms with E-state index < -0.39 is 11.9 Å². The quantitative estimate of drug-likeness (QED) is 0.131. The SMILES string of the molecule is CCC(C)NC(=O)CCc1ccc(-c2cccc(C)c2C)c(OC(=O)Nc2ccnc(Nc3ccc(OCC4CCCN(C)C4)c(F)c3)n2)c1. The molecule has 0 aliphatic carbocycles. The number of aryl methyl sites for hydroxylation is 2. The first-order chi connectivity index (χ1) is 24.1. The minimum absolute atomic E-state index is 0.0266. The maximum absolute atomic E-state index is 14.9. The summed E-state index contributed by atoms with van der Waals surface area (Å²) in [5.41, 5.74) is 5.16. The van der Waals surface area contributed by atoms with Crippen LogP contribution < -0.4 is 25.4 Å². The summed E-state index contributed by atoms with van der Waals surface area (Å²) >= 11 is 0. The van der Waals surface area contributed by atoms with Crippen LogP contribution in [0.2, 0.25) is 0 Å². The molecule has 5 rings (SSSR count). The van der Waals surface area contributed by atoms with Gasteiger partial charge in [-0.25, -0.2) is 14.2 Å². The van der Waals surface area contributed by atoms with Gasteiger partial charge in [0.25, 0.3) is 0 Å². The maximum Gasteiger partial charge on any atom is 0.418 e. The van der Waals surface area contributed by atoms with Crippen LogP contribution in [0, 0.1) is 25.6 Å². The third-order valence-corrected chi connectivity index (χ3v) is 9.07. The second kappa shape index (κ2) is 17.1. The van der Waals surface area contributed by atoms with E-state index in [2.05, 4.69) is 37.9 Å². The summed E-state index contributed by atoms with van der Waals surface area (Å²) in [5.74, 6) is 0.761. The number of rotatable bonds is 13. The zero-order valence-electron chi connectivity index (χ0n) is 29.5. The fraction of sp³-hybridized carbons (Fsp3) is 0.385. The number of benzene rings is 3. The van der Waals surface area contributed by atoms with Gasteiger partial charge in [0.05, 0.1) is 6.61 Å². The number of piperidine rings is 1. The van der Waals surface area contributed by atoms with E-state index in [1.807, 2.05) is 58.0 Å². The lowest BCUT2D eigenvalue weighted by Gasteiger charge is -2.29. The van der Waals surface area contributed by atoms with Crippen molar-refractivity contribution in [2.75, 3.05) is 37.4 Å². The molecule has 50 heavy (non-hydrogen) atoms. The largest absolute Gasteiger partial charge is 0.490 e. The molecule has 0 radical (unpaired) electrons. The number of nitrogens with zero attached hydrogens (tertiary/aromatic N) is 3. The van der Waals surface area contributed by atoms with Crippen LogP contribution in [0.25, 0.3) is 11.1 Å². The van der Waals surface area contributed by atoms with E-state index in [-0.39, 0.29) is 29.5 Å². The summed E-state index contributed by atoms with van der Waals surface area (Å²) in [7, 11) is 2.09. The molecule has 2 heterocycles. The van der Waals surface area contributed by atoms with Gasteiger partial charge in [0.1, 0.15) is 11.6 Å².